The Kier molecular flexibility index (Phi) is 4.54. The van der Waals surface area contributed by atoms with Gasteiger partial charge < -0.3 is 5.32 Å². The van der Waals surface area contributed by atoms with Gasteiger partial charge in [0, 0.05) is 17.8 Å². The second-order valence-corrected chi connectivity index (χ2v) is 6.55. The summed E-state index contributed by atoms with van der Waals surface area (Å²) in [5, 5.41) is 2.03. The van der Waals surface area contributed by atoms with Gasteiger partial charge >= 0.3 is 0 Å². The van der Waals surface area contributed by atoms with Gasteiger partial charge in [-0.1, -0.05) is 29.8 Å². The molecule has 0 fully saturated rings. The minimum Gasteiger partial charge on any atom is -0.351 e. The molecule has 0 saturated carbocycles. The van der Waals surface area contributed by atoms with E-state index in [9.17, 15) is 13.2 Å². The van der Waals surface area contributed by atoms with Crippen LogP contribution in [0.3, 0.4) is 0 Å². The minimum atomic E-state index is -3.36. The van der Waals surface area contributed by atoms with Crippen LogP contribution in [0, 0.1) is 0 Å². The quantitative estimate of drug-likeness (QED) is 0.903. The molecule has 1 amide bonds. The van der Waals surface area contributed by atoms with Gasteiger partial charge in [-0.3, -0.25) is 4.79 Å². The van der Waals surface area contributed by atoms with E-state index in [2.05, 4.69) is 5.32 Å². The third-order valence-corrected chi connectivity index (χ3v) is 4.29. The minimum absolute atomic E-state index is 0.221. The van der Waals surface area contributed by atoms with Crippen molar-refractivity contribution >= 4 is 27.3 Å². The molecule has 0 radical (unpaired) electrons. The van der Waals surface area contributed by atoms with Gasteiger partial charge in [0.2, 0.25) is 5.91 Å². The van der Waals surface area contributed by atoms with Crippen molar-refractivity contribution in [1.29, 1.82) is 0 Å². The van der Waals surface area contributed by atoms with Gasteiger partial charge in [-0.2, -0.15) is 0 Å². The van der Waals surface area contributed by atoms with Crippen LogP contribution in [-0.4, -0.2) is 25.8 Å². The molecule has 0 aliphatic heterocycles. The van der Waals surface area contributed by atoms with Crippen LogP contribution in [0.5, 0.6) is 0 Å². The molecule has 0 aliphatic rings. The van der Waals surface area contributed by atoms with Crippen molar-refractivity contribution in [2.24, 2.45) is 0 Å². The van der Waals surface area contributed by atoms with E-state index in [0.29, 0.717) is 5.02 Å². The summed E-state index contributed by atoms with van der Waals surface area (Å²) in [5.41, 5.74) is 0.753. The van der Waals surface area contributed by atoms with Crippen LogP contribution in [-0.2, 0) is 21.2 Å². The first-order valence-corrected chi connectivity index (χ1v) is 7.35. The lowest BCUT2D eigenvalue weighted by molar-refractivity contribution is -0.120. The number of halogens is 1. The molecule has 4 nitrogen and oxygen atoms in total. The average Bonchev–Trinajstić information content (AvgIpc) is 2.25. The lowest BCUT2D eigenvalue weighted by Gasteiger charge is -2.11. The number of carbonyl (C=O) groups is 1. The van der Waals surface area contributed by atoms with Gasteiger partial charge in [0.1, 0.15) is 5.25 Å². The molecular weight excluding hydrogens is 262 g/mol. The van der Waals surface area contributed by atoms with E-state index in [1.165, 1.54) is 6.92 Å². The molecule has 94 valence electrons. The van der Waals surface area contributed by atoms with Gasteiger partial charge in [-0.05, 0) is 18.6 Å². The lowest BCUT2D eigenvalue weighted by atomic mass is 10.2. The third kappa shape index (κ3) is 4.02. The van der Waals surface area contributed by atoms with E-state index < -0.39 is 21.0 Å². The average molecular weight is 276 g/mol. The summed E-state index contributed by atoms with van der Waals surface area (Å²) in [6.45, 7) is 1.58. The fourth-order valence-electron chi connectivity index (χ4n) is 1.16. The number of amides is 1. The summed E-state index contributed by atoms with van der Waals surface area (Å²) >= 11 is 5.91. The molecule has 0 aliphatic carbocycles. The van der Waals surface area contributed by atoms with E-state index in [1.807, 2.05) is 0 Å². The van der Waals surface area contributed by atoms with E-state index in [-0.39, 0.29) is 6.54 Å². The fraction of sp³-hybridized carbons (Fsp3) is 0.364. The standard InChI is InChI=1S/C11H14ClNO3S/c1-8(17(2,15)16)11(14)13-7-9-5-3-4-6-10(9)12/h3-6,8H,7H2,1-2H3,(H,13,14). The zero-order valence-corrected chi connectivity index (χ0v) is 11.2. The molecule has 1 atom stereocenters. The van der Waals surface area contributed by atoms with Crippen LogP contribution in [0.4, 0.5) is 0 Å². The summed E-state index contributed by atoms with van der Waals surface area (Å²) in [5.74, 6) is -0.521. The van der Waals surface area contributed by atoms with Crippen molar-refractivity contribution < 1.29 is 13.2 Å². The highest BCUT2D eigenvalue weighted by atomic mass is 35.5. The molecule has 0 heterocycles. The van der Waals surface area contributed by atoms with E-state index >= 15 is 0 Å². The van der Waals surface area contributed by atoms with Crippen LogP contribution in [0.2, 0.25) is 5.02 Å². The van der Waals surface area contributed by atoms with Crippen molar-refractivity contribution in [3.05, 3.63) is 34.9 Å². The van der Waals surface area contributed by atoms with Crippen molar-refractivity contribution in [3.63, 3.8) is 0 Å². The molecule has 0 spiro atoms. The SMILES string of the molecule is CC(C(=O)NCc1ccccc1Cl)S(C)(=O)=O. The van der Waals surface area contributed by atoms with Gasteiger partial charge in [-0.15, -0.1) is 0 Å². The Morgan fingerprint density at radius 2 is 2.00 bits per heavy atom. The normalized spacial score (nSPS) is 13.1. The number of benzene rings is 1. The number of carbonyl (C=O) groups excluding carboxylic acids is 1. The molecule has 6 heteroatoms. The Morgan fingerprint density at radius 1 is 1.41 bits per heavy atom. The fourth-order valence-corrected chi connectivity index (χ4v) is 1.84. The van der Waals surface area contributed by atoms with E-state index in [1.54, 1.807) is 24.3 Å². The maximum Gasteiger partial charge on any atom is 0.238 e. The first-order chi connectivity index (χ1) is 7.82. The molecular formula is C11H14ClNO3S. The van der Waals surface area contributed by atoms with Crippen LogP contribution in [0.15, 0.2) is 24.3 Å². The predicted octanol–water partition coefficient (Wildman–Crippen LogP) is 1.39. The number of hydrogen-bond acceptors (Lipinski definition) is 3. The monoisotopic (exact) mass is 275 g/mol. The zero-order valence-electron chi connectivity index (χ0n) is 9.60. The molecule has 0 aromatic heterocycles. The van der Waals surface area contributed by atoms with Crippen LogP contribution < -0.4 is 5.32 Å². The molecule has 17 heavy (non-hydrogen) atoms. The van der Waals surface area contributed by atoms with Crippen LogP contribution in [0.25, 0.3) is 0 Å². The molecule has 1 aromatic rings. The van der Waals surface area contributed by atoms with Crippen LogP contribution in [0.1, 0.15) is 12.5 Å². The summed E-state index contributed by atoms with van der Waals surface area (Å²) < 4.78 is 22.3. The van der Waals surface area contributed by atoms with E-state index in [0.717, 1.165) is 11.8 Å². The predicted molar refractivity (Wildman–Crippen MR) is 67.6 cm³/mol. The highest BCUT2D eigenvalue weighted by molar-refractivity contribution is 7.92. The van der Waals surface area contributed by atoms with Gasteiger partial charge in [0.15, 0.2) is 9.84 Å². The Balaban J connectivity index is 2.64. The smallest absolute Gasteiger partial charge is 0.238 e. The van der Waals surface area contributed by atoms with Crippen molar-refractivity contribution in [2.75, 3.05) is 6.26 Å². The maximum absolute atomic E-state index is 11.5. The Hall–Kier alpha value is -1.07. The molecule has 1 unspecified atom stereocenters. The topological polar surface area (TPSA) is 63.2 Å². The second-order valence-electron chi connectivity index (χ2n) is 3.78. The summed E-state index contributed by atoms with van der Waals surface area (Å²) in [7, 11) is -3.36. The Morgan fingerprint density at radius 3 is 2.53 bits per heavy atom. The largest absolute Gasteiger partial charge is 0.351 e. The van der Waals surface area contributed by atoms with Crippen molar-refractivity contribution in [1.82, 2.24) is 5.32 Å². The first-order valence-electron chi connectivity index (χ1n) is 5.02. The Labute approximate surface area is 106 Å². The molecule has 1 N–H and O–H groups in total. The van der Waals surface area contributed by atoms with Crippen molar-refractivity contribution in [3.8, 4) is 0 Å². The maximum atomic E-state index is 11.5. The lowest BCUT2D eigenvalue weighted by Crippen LogP contribution is -2.37. The highest BCUT2D eigenvalue weighted by Crippen LogP contribution is 2.14. The molecule has 0 bridgehead atoms. The van der Waals surface area contributed by atoms with Crippen LogP contribution >= 0.6 is 11.6 Å². The molecule has 1 rings (SSSR count). The number of hydrogen-bond donors (Lipinski definition) is 1. The summed E-state index contributed by atoms with van der Waals surface area (Å²) in [6, 6.07) is 7.07. The summed E-state index contributed by atoms with van der Waals surface area (Å²) in [4.78, 5) is 11.5. The van der Waals surface area contributed by atoms with Gasteiger partial charge in [0.25, 0.3) is 0 Å². The molecule has 1 aromatic carbocycles. The molecule has 0 saturated heterocycles. The second kappa shape index (κ2) is 5.51. The third-order valence-electron chi connectivity index (χ3n) is 2.42. The van der Waals surface area contributed by atoms with Gasteiger partial charge in [-0.25, -0.2) is 8.42 Å². The number of nitrogens with one attached hydrogen (secondary N) is 1. The van der Waals surface area contributed by atoms with E-state index in [4.69, 9.17) is 11.6 Å². The number of sulfone groups is 1. The van der Waals surface area contributed by atoms with Gasteiger partial charge in [0.05, 0.1) is 0 Å². The summed E-state index contributed by atoms with van der Waals surface area (Å²) in [6.07, 6.45) is 1.03. The number of rotatable bonds is 4. The van der Waals surface area contributed by atoms with Crippen molar-refractivity contribution in [2.45, 2.75) is 18.7 Å². The zero-order chi connectivity index (χ0) is 13.1. The highest BCUT2D eigenvalue weighted by Gasteiger charge is 2.23. The first kappa shape index (κ1) is 14.0. The Bertz CT molecular complexity index is 513.